The Morgan fingerprint density at radius 1 is 1.44 bits per heavy atom. The first kappa shape index (κ1) is 11.9. The monoisotopic (exact) mass is 224 g/mol. The number of nitrogens with one attached hydrogen (secondary N) is 1. The van der Waals surface area contributed by atoms with Gasteiger partial charge in [-0.3, -0.25) is 4.79 Å². The van der Waals surface area contributed by atoms with E-state index in [4.69, 9.17) is 0 Å². The Labute approximate surface area is 98.6 Å². The molecule has 0 saturated carbocycles. The minimum atomic E-state index is 0.392. The Bertz CT molecular complexity index is 252. The minimum Gasteiger partial charge on any atom is -0.339 e. The van der Waals surface area contributed by atoms with Crippen molar-refractivity contribution < 1.29 is 4.79 Å². The van der Waals surface area contributed by atoms with E-state index in [1.165, 1.54) is 0 Å². The molecule has 16 heavy (non-hydrogen) atoms. The lowest BCUT2D eigenvalue weighted by Crippen LogP contribution is -2.55. The first-order chi connectivity index (χ1) is 7.68. The van der Waals surface area contributed by atoms with Gasteiger partial charge in [-0.1, -0.05) is 13.8 Å². The number of carbonyl (C=O) groups excluding carboxylic acids is 1. The van der Waals surface area contributed by atoms with Gasteiger partial charge in [0, 0.05) is 19.0 Å². The summed E-state index contributed by atoms with van der Waals surface area (Å²) in [6.45, 7) is 7.61. The summed E-state index contributed by atoms with van der Waals surface area (Å²) in [6, 6.07) is 0.529. The quantitative estimate of drug-likeness (QED) is 0.790. The lowest BCUT2D eigenvalue weighted by Gasteiger charge is -2.44. The normalized spacial score (nSPS) is 30.7. The van der Waals surface area contributed by atoms with E-state index in [1.807, 2.05) is 0 Å². The van der Waals surface area contributed by atoms with Gasteiger partial charge in [0.2, 0.25) is 5.91 Å². The molecule has 0 spiro atoms. The van der Waals surface area contributed by atoms with Crippen LogP contribution >= 0.6 is 0 Å². The predicted octanol–water partition coefficient (Wildman–Crippen LogP) is 1.63. The average molecular weight is 224 g/mol. The van der Waals surface area contributed by atoms with Crippen LogP contribution in [-0.4, -0.2) is 36.5 Å². The number of nitrogens with zero attached hydrogens (tertiary/aromatic N) is 1. The van der Waals surface area contributed by atoms with Crippen LogP contribution < -0.4 is 5.32 Å². The maximum absolute atomic E-state index is 12.0. The molecule has 2 aliphatic heterocycles. The molecular formula is C13H24N2O. The highest BCUT2D eigenvalue weighted by Crippen LogP contribution is 2.28. The van der Waals surface area contributed by atoms with Gasteiger partial charge in [-0.25, -0.2) is 0 Å². The molecule has 3 heteroatoms. The van der Waals surface area contributed by atoms with Crippen LogP contribution in [-0.2, 0) is 4.79 Å². The summed E-state index contributed by atoms with van der Waals surface area (Å²) >= 11 is 0. The third-order valence-corrected chi connectivity index (χ3v) is 3.96. The lowest BCUT2D eigenvalue weighted by atomic mass is 9.84. The Kier molecular flexibility index (Phi) is 3.85. The molecule has 2 unspecified atom stereocenters. The maximum atomic E-state index is 12.0. The summed E-state index contributed by atoms with van der Waals surface area (Å²) in [7, 11) is 0. The van der Waals surface area contributed by atoms with Gasteiger partial charge in [-0.15, -0.1) is 0 Å². The Balaban J connectivity index is 1.97. The molecule has 92 valence electrons. The largest absolute Gasteiger partial charge is 0.339 e. The van der Waals surface area contributed by atoms with E-state index >= 15 is 0 Å². The number of hydrogen-bond donors (Lipinski definition) is 1. The molecule has 1 N–H and O–H groups in total. The van der Waals surface area contributed by atoms with E-state index in [9.17, 15) is 4.79 Å². The van der Waals surface area contributed by atoms with Gasteiger partial charge >= 0.3 is 0 Å². The molecule has 2 fully saturated rings. The van der Waals surface area contributed by atoms with Crippen molar-refractivity contribution in [2.24, 2.45) is 11.8 Å². The predicted molar refractivity (Wildman–Crippen MR) is 65.2 cm³/mol. The number of piperidine rings is 2. The molecule has 0 bridgehead atoms. The third-order valence-electron chi connectivity index (χ3n) is 3.96. The van der Waals surface area contributed by atoms with Crippen LogP contribution in [0.25, 0.3) is 0 Å². The molecule has 0 aromatic rings. The highest BCUT2D eigenvalue weighted by Gasteiger charge is 2.36. The second-order valence-electron chi connectivity index (χ2n) is 5.63. The number of rotatable bonds is 3. The van der Waals surface area contributed by atoms with Crippen LogP contribution in [0.15, 0.2) is 0 Å². The fraction of sp³-hybridized carbons (Fsp3) is 0.923. The number of carbonyl (C=O) groups is 1. The average Bonchev–Trinajstić information content (AvgIpc) is 2.27. The maximum Gasteiger partial charge on any atom is 0.222 e. The van der Waals surface area contributed by atoms with E-state index in [0.717, 1.165) is 45.3 Å². The van der Waals surface area contributed by atoms with Gasteiger partial charge in [-0.05, 0) is 44.2 Å². The van der Waals surface area contributed by atoms with Gasteiger partial charge in [0.15, 0.2) is 0 Å². The van der Waals surface area contributed by atoms with Crippen LogP contribution in [0.4, 0.5) is 0 Å². The number of amides is 1. The fourth-order valence-electron chi connectivity index (χ4n) is 2.94. The Morgan fingerprint density at radius 2 is 2.25 bits per heavy atom. The van der Waals surface area contributed by atoms with Crippen molar-refractivity contribution in [3.05, 3.63) is 0 Å². The SMILES string of the molecule is CC(C)CCN1C(=O)CCC2CNCCC21. The van der Waals surface area contributed by atoms with E-state index in [0.29, 0.717) is 23.8 Å². The third kappa shape index (κ3) is 2.57. The van der Waals surface area contributed by atoms with Gasteiger partial charge in [0.25, 0.3) is 0 Å². The van der Waals surface area contributed by atoms with Gasteiger partial charge in [0.1, 0.15) is 0 Å². The van der Waals surface area contributed by atoms with Crippen molar-refractivity contribution in [1.29, 1.82) is 0 Å². The molecule has 1 amide bonds. The van der Waals surface area contributed by atoms with E-state index in [-0.39, 0.29) is 0 Å². The standard InChI is InChI=1S/C13H24N2O/c1-10(2)6-8-15-12-5-7-14-9-11(12)3-4-13(15)16/h10-12,14H,3-9H2,1-2H3. The molecular weight excluding hydrogens is 200 g/mol. The summed E-state index contributed by atoms with van der Waals surface area (Å²) in [5.41, 5.74) is 0. The van der Waals surface area contributed by atoms with Crippen LogP contribution in [0.1, 0.15) is 39.5 Å². The molecule has 0 radical (unpaired) electrons. The topological polar surface area (TPSA) is 32.3 Å². The van der Waals surface area contributed by atoms with Crippen LogP contribution in [0.5, 0.6) is 0 Å². The number of hydrogen-bond acceptors (Lipinski definition) is 2. The number of likely N-dealkylation sites (tertiary alicyclic amines) is 1. The molecule has 2 atom stereocenters. The lowest BCUT2D eigenvalue weighted by molar-refractivity contribution is -0.139. The second kappa shape index (κ2) is 5.17. The van der Waals surface area contributed by atoms with Gasteiger partial charge in [-0.2, -0.15) is 0 Å². The van der Waals surface area contributed by atoms with Crippen molar-refractivity contribution in [1.82, 2.24) is 10.2 Å². The molecule has 2 heterocycles. The Morgan fingerprint density at radius 3 is 3.00 bits per heavy atom. The van der Waals surface area contributed by atoms with Crippen LogP contribution in [0.3, 0.4) is 0 Å². The summed E-state index contributed by atoms with van der Waals surface area (Å²) in [4.78, 5) is 14.1. The smallest absolute Gasteiger partial charge is 0.222 e. The molecule has 0 aromatic heterocycles. The summed E-state index contributed by atoms with van der Waals surface area (Å²) in [5, 5.41) is 3.45. The van der Waals surface area contributed by atoms with Gasteiger partial charge < -0.3 is 10.2 Å². The first-order valence-electron chi connectivity index (χ1n) is 6.68. The molecule has 2 rings (SSSR count). The van der Waals surface area contributed by atoms with Crippen molar-refractivity contribution in [3.8, 4) is 0 Å². The van der Waals surface area contributed by atoms with E-state index in [2.05, 4.69) is 24.1 Å². The van der Waals surface area contributed by atoms with Crippen molar-refractivity contribution in [2.75, 3.05) is 19.6 Å². The van der Waals surface area contributed by atoms with Gasteiger partial charge in [0.05, 0.1) is 0 Å². The first-order valence-corrected chi connectivity index (χ1v) is 6.68. The minimum absolute atomic E-state index is 0.392. The van der Waals surface area contributed by atoms with E-state index < -0.39 is 0 Å². The second-order valence-corrected chi connectivity index (χ2v) is 5.63. The zero-order chi connectivity index (χ0) is 11.5. The van der Waals surface area contributed by atoms with Crippen LogP contribution in [0, 0.1) is 11.8 Å². The van der Waals surface area contributed by atoms with Crippen molar-refractivity contribution in [3.63, 3.8) is 0 Å². The molecule has 2 saturated heterocycles. The summed E-state index contributed by atoms with van der Waals surface area (Å²) in [6.07, 6.45) is 4.15. The zero-order valence-electron chi connectivity index (χ0n) is 10.5. The molecule has 2 aliphatic rings. The van der Waals surface area contributed by atoms with Crippen molar-refractivity contribution in [2.45, 2.75) is 45.6 Å². The molecule has 0 aromatic carbocycles. The highest BCUT2D eigenvalue weighted by atomic mass is 16.2. The zero-order valence-corrected chi connectivity index (χ0v) is 10.5. The summed E-state index contributed by atoms with van der Waals surface area (Å²) < 4.78 is 0. The van der Waals surface area contributed by atoms with Crippen LogP contribution in [0.2, 0.25) is 0 Å². The molecule has 3 nitrogen and oxygen atoms in total. The number of fused-ring (bicyclic) bond motifs is 1. The van der Waals surface area contributed by atoms with E-state index in [1.54, 1.807) is 0 Å². The van der Waals surface area contributed by atoms with Crippen molar-refractivity contribution >= 4 is 5.91 Å². The molecule has 0 aliphatic carbocycles. The fourth-order valence-corrected chi connectivity index (χ4v) is 2.94. The summed E-state index contributed by atoms with van der Waals surface area (Å²) in [5.74, 6) is 1.79. The highest BCUT2D eigenvalue weighted by molar-refractivity contribution is 5.77. The Hall–Kier alpha value is -0.570.